The van der Waals surface area contributed by atoms with Crippen LogP contribution in [0, 0.1) is 0 Å². The minimum atomic E-state index is -0.879. The summed E-state index contributed by atoms with van der Waals surface area (Å²) in [5.41, 5.74) is 0. The van der Waals surface area contributed by atoms with E-state index in [4.69, 9.17) is 23.7 Å². The molecule has 0 aromatic carbocycles. The van der Waals surface area contributed by atoms with E-state index in [-0.39, 0.29) is 6.61 Å². The Morgan fingerprint density at radius 3 is 2.29 bits per heavy atom. The highest BCUT2D eigenvalue weighted by atomic mass is 16.7. The van der Waals surface area contributed by atoms with Gasteiger partial charge < -0.3 is 23.7 Å². The van der Waals surface area contributed by atoms with Crippen molar-refractivity contribution >= 4 is 17.9 Å². The standard InChI is InChI=1S/C13H20O8/c1-7(14)18-6-11(20-9(3)16)13-10(19-8(2)15)5-12(17-4)21-13/h10-13H,5-6H2,1-4H3/t10-,11-,12+,13-/m0/s1. The van der Waals surface area contributed by atoms with Crippen molar-refractivity contribution < 1.29 is 38.1 Å². The highest BCUT2D eigenvalue weighted by Crippen LogP contribution is 2.28. The molecular formula is C13H20O8. The molecule has 1 aliphatic rings. The highest BCUT2D eigenvalue weighted by molar-refractivity contribution is 5.67. The Kier molecular flexibility index (Phi) is 6.57. The molecule has 21 heavy (non-hydrogen) atoms. The van der Waals surface area contributed by atoms with Crippen LogP contribution < -0.4 is 0 Å². The molecule has 0 aliphatic carbocycles. The number of hydrogen-bond acceptors (Lipinski definition) is 8. The monoisotopic (exact) mass is 304 g/mol. The first-order valence-electron chi connectivity index (χ1n) is 6.49. The summed E-state index contributed by atoms with van der Waals surface area (Å²) in [6.45, 7) is 3.55. The molecule has 0 saturated carbocycles. The van der Waals surface area contributed by atoms with Crippen LogP contribution in [0.25, 0.3) is 0 Å². The summed E-state index contributed by atoms with van der Waals surface area (Å²) in [5, 5.41) is 0. The van der Waals surface area contributed by atoms with E-state index >= 15 is 0 Å². The average molecular weight is 304 g/mol. The van der Waals surface area contributed by atoms with E-state index in [0.717, 1.165) is 0 Å². The van der Waals surface area contributed by atoms with Crippen molar-refractivity contribution in [3.05, 3.63) is 0 Å². The van der Waals surface area contributed by atoms with Gasteiger partial charge in [0.05, 0.1) is 0 Å². The van der Waals surface area contributed by atoms with Gasteiger partial charge in [0, 0.05) is 34.3 Å². The molecular weight excluding hydrogens is 284 g/mol. The third-order valence-corrected chi connectivity index (χ3v) is 2.81. The third kappa shape index (κ3) is 5.68. The molecule has 0 unspecified atom stereocenters. The van der Waals surface area contributed by atoms with Gasteiger partial charge in [-0.2, -0.15) is 0 Å². The SMILES string of the molecule is CO[C@H]1C[C@H](OC(C)=O)[C@@H]([C@H](COC(C)=O)OC(C)=O)O1. The summed E-state index contributed by atoms with van der Waals surface area (Å²) in [6, 6.07) is 0. The van der Waals surface area contributed by atoms with Gasteiger partial charge in [0.25, 0.3) is 0 Å². The van der Waals surface area contributed by atoms with E-state index in [0.29, 0.717) is 6.42 Å². The lowest BCUT2D eigenvalue weighted by Crippen LogP contribution is -2.42. The zero-order valence-corrected chi connectivity index (χ0v) is 12.5. The molecule has 0 N–H and O–H groups in total. The van der Waals surface area contributed by atoms with Crippen LogP contribution in [0.4, 0.5) is 0 Å². The highest BCUT2D eigenvalue weighted by Gasteiger charge is 2.44. The second-order valence-electron chi connectivity index (χ2n) is 4.60. The Morgan fingerprint density at radius 2 is 1.81 bits per heavy atom. The maximum Gasteiger partial charge on any atom is 0.303 e. The van der Waals surface area contributed by atoms with Crippen LogP contribution in [0.15, 0.2) is 0 Å². The molecule has 1 rings (SSSR count). The van der Waals surface area contributed by atoms with Crippen LogP contribution >= 0.6 is 0 Å². The third-order valence-electron chi connectivity index (χ3n) is 2.81. The van der Waals surface area contributed by atoms with Crippen LogP contribution in [0.1, 0.15) is 27.2 Å². The maximum absolute atomic E-state index is 11.2. The van der Waals surface area contributed by atoms with Crippen molar-refractivity contribution in [1.82, 2.24) is 0 Å². The van der Waals surface area contributed by atoms with E-state index in [1.807, 2.05) is 0 Å². The fourth-order valence-electron chi connectivity index (χ4n) is 2.06. The topological polar surface area (TPSA) is 97.4 Å². The fraction of sp³-hybridized carbons (Fsp3) is 0.769. The molecule has 1 fully saturated rings. The molecule has 4 atom stereocenters. The Hall–Kier alpha value is -1.67. The van der Waals surface area contributed by atoms with Crippen molar-refractivity contribution in [2.24, 2.45) is 0 Å². The number of ether oxygens (including phenoxy) is 5. The van der Waals surface area contributed by atoms with Crippen molar-refractivity contribution in [3.63, 3.8) is 0 Å². The molecule has 0 radical (unpaired) electrons. The lowest BCUT2D eigenvalue weighted by molar-refractivity contribution is -0.186. The van der Waals surface area contributed by atoms with Gasteiger partial charge in [-0.05, 0) is 0 Å². The minimum absolute atomic E-state index is 0.187. The van der Waals surface area contributed by atoms with Crippen LogP contribution in [0.2, 0.25) is 0 Å². The smallest absolute Gasteiger partial charge is 0.303 e. The molecule has 120 valence electrons. The number of carbonyl (C=O) groups excluding carboxylic acids is 3. The molecule has 1 saturated heterocycles. The van der Waals surface area contributed by atoms with E-state index in [2.05, 4.69) is 0 Å². The predicted molar refractivity (Wildman–Crippen MR) is 68.0 cm³/mol. The molecule has 0 spiro atoms. The predicted octanol–water partition coefficient (Wildman–Crippen LogP) is 0.174. The number of carbonyl (C=O) groups is 3. The first-order chi connectivity index (χ1) is 9.83. The molecule has 0 bridgehead atoms. The Morgan fingerprint density at radius 1 is 1.14 bits per heavy atom. The van der Waals surface area contributed by atoms with Gasteiger partial charge in [-0.3, -0.25) is 14.4 Å². The van der Waals surface area contributed by atoms with Crippen LogP contribution in [-0.4, -0.2) is 56.2 Å². The summed E-state index contributed by atoms with van der Waals surface area (Å²) in [7, 11) is 1.45. The van der Waals surface area contributed by atoms with Gasteiger partial charge in [-0.25, -0.2) is 0 Å². The van der Waals surface area contributed by atoms with Crippen molar-refractivity contribution in [1.29, 1.82) is 0 Å². The van der Waals surface area contributed by atoms with Crippen molar-refractivity contribution in [2.45, 2.75) is 51.8 Å². The Labute approximate surface area is 122 Å². The van der Waals surface area contributed by atoms with Gasteiger partial charge in [-0.1, -0.05) is 0 Å². The van der Waals surface area contributed by atoms with Gasteiger partial charge in [0.15, 0.2) is 12.4 Å². The Bertz CT molecular complexity index is 394. The molecule has 8 heteroatoms. The van der Waals surface area contributed by atoms with Crippen LogP contribution in [0.3, 0.4) is 0 Å². The van der Waals surface area contributed by atoms with Crippen molar-refractivity contribution in [3.8, 4) is 0 Å². The fourth-order valence-corrected chi connectivity index (χ4v) is 2.06. The first-order valence-corrected chi connectivity index (χ1v) is 6.49. The molecule has 0 aromatic rings. The number of hydrogen-bond donors (Lipinski definition) is 0. The molecule has 8 nitrogen and oxygen atoms in total. The van der Waals surface area contributed by atoms with Gasteiger partial charge in [0.1, 0.15) is 18.8 Å². The maximum atomic E-state index is 11.2. The van der Waals surface area contributed by atoms with Gasteiger partial charge >= 0.3 is 17.9 Å². The van der Waals surface area contributed by atoms with Gasteiger partial charge in [-0.15, -0.1) is 0 Å². The Balaban J connectivity index is 2.81. The largest absolute Gasteiger partial charge is 0.462 e. The molecule has 1 heterocycles. The molecule has 0 aromatic heterocycles. The van der Waals surface area contributed by atoms with Crippen molar-refractivity contribution in [2.75, 3.05) is 13.7 Å². The van der Waals surface area contributed by atoms with Gasteiger partial charge in [0.2, 0.25) is 0 Å². The average Bonchev–Trinajstić information content (AvgIpc) is 2.76. The second-order valence-corrected chi connectivity index (χ2v) is 4.60. The number of esters is 3. The number of methoxy groups -OCH3 is 1. The van der Waals surface area contributed by atoms with E-state index < -0.39 is 42.5 Å². The molecule has 0 amide bonds. The lowest BCUT2D eigenvalue weighted by atomic mass is 10.1. The summed E-state index contributed by atoms with van der Waals surface area (Å²) < 4.78 is 25.7. The quantitative estimate of drug-likeness (QED) is 0.506. The summed E-state index contributed by atoms with van der Waals surface area (Å²) in [6.07, 6.45) is -2.57. The summed E-state index contributed by atoms with van der Waals surface area (Å²) in [4.78, 5) is 33.2. The molecule has 1 aliphatic heterocycles. The summed E-state index contributed by atoms with van der Waals surface area (Å²) in [5.74, 6) is -1.56. The van der Waals surface area contributed by atoms with Crippen LogP contribution in [-0.2, 0) is 38.1 Å². The van der Waals surface area contributed by atoms with E-state index in [1.54, 1.807) is 0 Å². The van der Waals surface area contributed by atoms with Crippen LogP contribution in [0.5, 0.6) is 0 Å². The zero-order chi connectivity index (χ0) is 16.0. The van der Waals surface area contributed by atoms with E-state index in [9.17, 15) is 14.4 Å². The number of rotatable bonds is 6. The minimum Gasteiger partial charge on any atom is -0.462 e. The zero-order valence-electron chi connectivity index (χ0n) is 12.5. The first kappa shape index (κ1) is 17.4. The van der Waals surface area contributed by atoms with E-state index in [1.165, 1.54) is 27.9 Å². The summed E-state index contributed by atoms with van der Waals surface area (Å²) >= 11 is 0. The normalized spacial score (nSPS) is 26.0. The second kappa shape index (κ2) is 7.94. The lowest BCUT2D eigenvalue weighted by Gasteiger charge is -2.26.